The van der Waals surface area contributed by atoms with Gasteiger partial charge in [-0.25, -0.2) is 4.99 Å². The van der Waals surface area contributed by atoms with E-state index in [1.807, 2.05) is 24.3 Å². The van der Waals surface area contributed by atoms with Crippen molar-refractivity contribution in [2.75, 3.05) is 13.2 Å². The predicted molar refractivity (Wildman–Crippen MR) is 151 cm³/mol. The van der Waals surface area contributed by atoms with Crippen molar-refractivity contribution in [3.05, 3.63) is 107 Å². The Kier molecular flexibility index (Phi) is 9.72. The Morgan fingerprint density at radius 3 is 2.34 bits per heavy atom. The van der Waals surface area contributed by atoms with Crippen LogP contribution in [0.25, 0.3) is 0 Å². The molecule has 0 radical (unpaired) electrons. The lowest BCUT2D eigenvalue weighted by Crippen LogP contribution is -2.47. The van der Waals surface area contributed by atoms with Crippen LogP contribution in [0.4, 0.5) is 13.2 Å². The van der Waals surface area contributed by atoms with Gasteiger partial charge < -0.3 is 24.6 Å². The summed E-state index contributed by atoms with van der Waals surface area (Å²) in [4.78, 5) is 18.7. The number of amides is 1. The third kappa shape index (κ3) is 7.68. The van der Waals surface area contributed by atoms with E-state index in [0.717, 1.165) is 10.0 Å². The predicted octanol–water partition coefficient (Wildman–Crippen LogP) is 6.26. The lowest BCUT2D eigenvalue weighted by Gasteiger charge is -2.29. The summed E-state index contributed by atoms with van der Waals surface area (Å²) >= 11 is 3.43. The first kappa shape index (κ1) is 30.1. The lowest BCUT2D eigenvalue weighted by atomic mass is 9.84. The molecule has 0 aromatic heterocycles. The number of carbonyl (C=O) groups is 1. The highest BCUT2D eigenvalue weighted by atomic mass is 79.9. The maximum absolute atomic E-state index is 13.8. The smallest absolute Gasteiger partial charge is 0.494 e. The SMILES string of the molecule is C=CC[C@@]1(C(=O)NCc2ccc(OC(F)(F)F)cc2)N=C(c2ccc(OCCCO)cc2)O[C@@H]1c1ccc(Br)cc1. The van der Waals surface area contributed by atoms with Crippen LogP contribution in [0.2, 0.25) is 0 Å². The Balaban J connectivity index is 1.60. The Hall–Kier alpha value is -3.83. The summed E-state index contributed by atoms with van der Waals surface area (Å²) in [7, 11) is 0. The molecule has 41 heavy (non-hydrogen) atoms. The van der Waals surface area contributed by atoms with E-state index in [1.54, 1.807) is 30.3 Å². The van der Waals surface area contributed by atoms with Crippen LogP contribution in [0.1, 0.15) is 35.6 Å². The van der Waals surface area contributed by atoms with Crippen molar-refractivity contribution in [3.8, 4) is 11.5 Å². The van der Waals surface area contributed by atoms with Gasteiger partial charge in [0.05, 0.1) is 6.61 Å². The van der Waals surface area contributed by atoms with E-state index in [-0.39, 0.29) is 31.2 Å². The van der Waals surface area contributed by atoms with Gasteiger partial charge in [-0.15, -0.1) is 19.8 Å². The van der Waals surface area contributed by atoms with Crippen LogP contribution in [0.15, 0.2) is 94.9 Å². The molecule has 0 bridgehead atoms. The highest BCUT2D eigenvalue weighted by Crippen LogP contribution is 2.43. The van der Waals surface area contributed by atoms with Gasteiger partial charge in [0.15, 0.2) is 11.6 Å². The number of aliphatic hydroxyl groups excluding tert-OH is 1. The first-order valence-corrected chi connectivity index (χ1v) is 13.5. The number of nitrogens with one attached hydrogen (secondary N) is 1. The fourth-order valence-corrected chi connectivity index (χ4v) is 4.58. The van der Waals surface area contributed by atoms with Crippen LogP contribution >= 0.6 is 15.9 Å². The topological polar surface area (TPSA) is 89.4 Å². The van der Waals surface area contributed by atoms with E-state index < -0.39 is 23.9 Å². The fraction of sp³-hybridized carbons (Fsp3) is 0.267. The molecule has 1 aliphatic rings. The second-order valence-electron chi connectivity index (χ2n) is 9.21. The van der Waals surface area contributed by atoms with Crippen LogP contribution in [0, 0.1) is 0 Å². The lowest BCUT2D eigenvalue weighted by molar-refractivity contribution is -0.274. The van der Waals surface area contributed by atoms with Crippen LogP contribution in [-0.4, -0.2) is 42.0 Å². The monoisotopic (exact) mass is 632 g/mol. The normalized spacial score (nSPS) is 18.3. The van der Waals surface area contributed by atoms with Crippen LogP contribution in [-0.2, 0) is 16.1 Å². The van der Waals surface area contributed by atoms with Gasteiger partial charge in [0, 0.05) is 36.0 Å². The van der Waals surface area contributed by atoms with Gasteiger partial charge in [-0.05, 0) is 59.7 Å². The Morgan fingerprint density at radius 2 is 1.73 bits per heavy atom. The molecule has 1 amide bonds. The molecule has 3 aromatic rings. The quantitative estimate of drug-likeness (QED) is 0.182. The second-order valence-corrected chi connectivity index (χ2v) is 10.1. The van der Waals surface area contributed by atoms with E-state index in [4.69, 9.17) is 19.6 Å². The van der Waals surface area contributed by atoms with Crippen molar-refractivity contribution in [1.29, 1.82) is 0 Å². The summed E-state index contributed by atoms with van der Waals surface area (Å²) < 4.78 is 54.2. The molecule has 0 saturated carbocycles. The summed E-state index contributed by atoms with van der Waals surface area (Å²) in [5.41, 5.74) is 0.532. The average molecular weight is 633 g/mol. The van der Waals surface area contributed by atoms with Crippen molar-refractivity contribution in [3.63, 3.8) is 0 Å². The molecule has 2 atom stereocenters. The van der Waals surface area contributed by atoms with Crippen molar-refractivity contribution >= 4 is 27.7 Å². The number of alkyl halides is 3. The molecular formula is C30H28BrF3N2O5. The third-order valence-electron chi connectivity index (χ3n) is 6.27. The van der Waals surface area contributed by atoms with Crippen LogP contribution in [0.5, 0.6) is 11.5 Å². The molecule has 1 aliphatic heterocycles. The molecule has 11 heteroatoms. The summed E-state index contributed by atoms with van der Waals surface area (Å²) in [5.74, 6) is 0.103. The minimum absolute atomic E-state index is 0.0331. The number of aliphatic imine (C=N–C) groups is 1. The van der Waals surface area contributed by atoms with E-state index in [2.05, 4.69) is 32.6 Å². The standard InChI is InChI=1S/C30H28BrF3N2O5/c1-2-16-29(28(38)35-19-20-4-12-25(13-5-20)41-30(32,33)34)26(21-6-10-23(31)11-7-21)40-27(36-29)22-8-14-24(15-9-22)39-18-3-17-37/h2,4-15,26,37H,1,3,16-19H2,(H,35,38)/t26-,29-/m1/s1. The average Bonchev–Trinajstić information content (AvgIpc) is 3.33. The number of hydrogen-bond donors (Lipinski definition) is 2. The summed E-state index contributed by atoms with van der Waals surface area (Å²) in [6, 6.07) is 19.7. The minimum Gasteiger partial charge on any atom is -0.494 e. The third-order valence-corrected chi connectivity index (χ3v) is 6.80. The summed E-state index contributed by atoms with van der Waals surface area (Å²) in [5, 5.41) is 11.8. The molecule has 216 valence electrons. The maximum Gasteiger partial charge on any atom is 0.573 e. The molecule has 0 spiro atoms. The maximum atomic E-state index is 13.8. The minimum atomic E-state index is -4.79. The molecule has 3 aromatic carbocycles. The molecule has 2 N–H and O–H groups in total. The van der Waals surface area contributed by atoms with E-state index in [9.17, 15) is 18.0 Å². The first-order chi connectivity index (χ1) is 19.6. The highest BCUT2D eigenvalue weighted by molar-refractivity contribution is 9.10. The van der Waals surface area contributed by atoms with E-state index in [0.29, 0.717) is 29.9 Å². The van der Waals surface area contributed by atoms with Crippen molar-refractivity contribution in [2.24, 2.45) is 4.99 Å². The van der Waals surface area contributed by atoms with Gasteiger partial charge in [-0.1, -0.05) is 46.3 Å². The molecule has 4 rings (SSSR count). The van der Waals surface area contributed by atoms with Gasteiger partial charge in [0.2, 0.25) is 5.90 Å². The molecule has 0 saturated heterocycles. The van der Waals surface area contributed by atoms with Crippen molar-refractivity contribution in [1.82, 2.24) is 5.32 Å². The number of carbonyl (C=O) groups excluding carboxylic acids is 1. The van der Waals surface area contributed by atoms with E-state index >= 15 is 0 Å². The Bertz CT molecular complexity index is 1360. The van der Waals surface area contributed by atoms with Gasteiger partial charge >= 0.3 is 6.36 Å². The summed E-state index contributed by atoms with van der Waals surface area (Å²) in [6.45, 7) is 4.29. The van der Waals surface area contributed by atoms with Gasteiger partial charge in [0.1, 0.15) is 11.5 Å². The number of halogens is 4. The molecule has 0 unspecified atom stereocenters. The second kappa shape index (κ2) is 13.2. The van der Waals surface area contributed by atoms with Crippen LogP contribution in [0.3, 0.4) is 0 Å². The highest BCUT2D eigenvalue weighted by Gasteiger charge is 2.52. The van der Waals surface area contributed by atoms with Gasteiger partial charge in [0.25, 0.3) is 5.91 Å². The largest absolute Gasteiger partial charge is 0.573 e. The van der Waals surface area contributed by atoms with Crippen molar-refractivity contribution < 1.29 is 37.3 Å². The molecule has 0 fully saturated rings. The number of benzene rings is 3. The van der Waals surface area contributed by atoms with Gasteiger partial charge in [-0.3, -0.25) is 4.79 Å². The zero-order valence-corrected chi connectivity index (χ0v) is 23.5. The van der Waals surface area contributed by atoms with Gasteiger partial charge in [-0.2, -0.15) is 0 Å². The number of ether oxygens (including phenoxy) is 3. The van der Waals surface area contributed by atoms with Crippen molar-refractivity contribution in [2.45, 2.75) is 37.4 Å². The fourth-order valence-electron chi connectivity index (χ4n) is 4.32. The summed E-state index contributed by atoms with van der Waals surface area (Å²) in [6.07, 6.45) is -3.31. The Labute approximate surface area is 243 Å². The Morgan fingerprint density at radius 1 is 1.07 bits per heavy atom. The molecular weight excluding hydrogens is 605 g/mol. The number of hydrogen-bond acceptors (Lipinski definition) is 6. The molecule has 0 aliphatic carbocycles. The zero-order valence-electron chi connectivity index (χ0n) is 21.9. The number of nitrogens with zero attached hydrogens (tertiary/aromatic N) is 1. The zero-order chi connectivity index (χ0) is 29.5. The van der Waals surface area contributed by atoms with E-state index in [1.165, 1.54) is 24.3 Å². The molecule has 7 nitrogen and oxygen atoms in total. The van der Waals surface area contributed by atoms with Crippen LogP contribution < -0.4 is 14.8 Å². The number of rotatable bonds is 12. The molecule has 1 heterocycles. The number of aliphatic hydroxyl groups is 1. The first-order valence-electron chi connectivity index (χ1n) is 12.7.